The Balaban J connectivity index is 2.12. The first-order chi connectivity index (χ1) is 7.43. The molecule has 1 N–H and O–H groups in total. The van der Waals surface area contributed by atoms with E-state index in [2.05, 4.69) is 60.8 Å². The Morgan fingerprint density at radius 1 is 1.13 bits per heavy atom. The third-order valence-corrected chi connectivity index (χ3v) is 2.10. The van der Waals surface area contributed by atoms with Gasteiger partial charge in [-0.05, 0) is 25.5 Å². The van der Waals surface area contributed by atoms with Gasteiger partial charge in [0, 0.05) is 6.54 Å². The van der Waals surface area contributed by atoms with E-state index < -0.39 is 0 Å². The number of allylic oxidation sites excluding steroid dienone is 1. The summed E-state index contributed by atoms with van der Waals surface area (Å²) in [6.07, 6.45) is 9.67. The van der Waals surface area contributed by atoms with Gasteiger partial charge in [-0.3, -0.25) is 0 Å². The molecule has 1 aromatic rings. The van der Waals surface area contributed by atoms with Crippen molar-refractivity contribution in [2.45, 2.75) is 13.3 Å². The van der Waals surface area contributed by atoms with Gasteiger partial charge < -0.3 is 5.32 Å². The largest absolute Gasteiger partial charge is 0.313 e. The molecule has 0 saturated heterocycles. The lowest BCUT2D eigenvalue weighted by atomic mass is 10.2. The van der Waals surface area contributed by atoms with Crippen molar-refractivity contribution in [3.05, 3.63) is 54.1 Å². The molecule has 0 aliphatic heterocycles. The summed E-state index contributed by atoms with van der Waals surface area (Å²) in [5.41, 5.74) is 1.26. The zero-order valence-electron chi connectivity index (χ0n) is 9.32. The average molecular weight is 201 g/mol. The lowest BCUT2D eigenvalue weighted by Gasteiger charge is -1.97. The third-order valence-electron chi connectivity index (χ3n) is 2.10. The number of benzene rings is 1. The molecule has 0 atom stereocenters. The number of hydrogen-bond acceptors (Lipinski definition) is 1. The van der Waals surface area contributed by atoms with E-state index in [-0.39, 0.29) is 0 Å². The molecule has 0 amide bonds. The van der Waals surface area contributed by atoms with Gasteiger partial charge in [0.05, 0.1) is 0 Å². The van der Waals surface area contributed by atoms with Crippen LogP contribution in [0, 0.1) is 0 Å². The minimum absolute atomic E-state index is 0.937. The predicted octanol–water partition coefficient (Wildman–Crippen LogP) is 3.26. The van der Waals surface area contributed by atoms with E-state index >= 15 is 0 Å². The Hall–Kier alpha value is -1.34. The van der Waals surface area contributed by atoms with Crippen LogP contribution in [0.1, 0.15) is 18.9 Å². The Bertz CT molecular complexity index is 298. The molecule has 0 fully saturated rings. The van der Waals surface area contributed by atoms with Gasteiger partial charge in [0.15, 0.2) is 0 Å². The van der Waals surface area contributed by atoms with Crippen LogP contribution in [-0.4, -0.2) is 13.1 Å². The van der Waals surface area contributed by atoms with Gasteiger partial charge in [-0.25, -0.2) is 0 Å². The topological polar surface area (TPSA) is 12.0 Å². The van der Waals surface area contributed by atoms with Gasteiger partial charge in [0.1, 0.15) is 0 Å². The summed E-state index contributed by atoms with van der Waals surface area (Å²) >= 11 is 0. The van der Waals surface area contributed by atoms with E-state index in [4.69, 9.17) is 0 Å². The molecule has 1 rings (SSSR count). The summed E-state index contributed by atoms with van der Waals surface area (Å²) in [6.45, 7) is 4.03. The molecule has 0 unspecified atom stereocenters. The highest BCUT2D eigenvalue weighted by Crippen LogP contribution is 1.99. The summed E-state index contributed by atoms with van der Waals surface area (Å²) in [7, 11) is 0. The molecule has 0 spiro atoms. The van der Waals surface area contributed by atoms with Crippen LogP contribution in [0.4, 0.5) is 0 Å². The maximum absolute atomic E-state index is 3.35. The van der Waals surface area contributed by atoms with Gasteiger partial charge in [-0.15, -0.1) is 0 Å². The van der Waals surface area contributed by atoms with Crippen molar-refractivity contribution in [2.75, 3.05) is 13.1 Å². The Morgan fingerprint density at radius 2 is 1.93 bits per heavy atom. The normalized spacial score (nSPS) is 11.5. The Labute approximate surface area is 92.5 Å². The van der Waals surface area contributed by atoms with Gasteiger partial charge in [0.2, 0.25) is 0 Å². The van der Waals surface area contributed by atoms with E-state index in [9.17, 15) is 0 Å². The fourth-order valence-electron chi connectivity index (χ4n) is 1.30. The molecular formula is C14H19N. The van der Waals surface area contributed by atoms with Crippen molar-refractivity contribution < 1.29 is 0 Å². The van der Waals surface area contributed by atoms with E-state index in [0.29, 0.717) is 0 Å². The second-order valence-electron chi connectivity index (χ2n) is 3.37. The summed E-state index contributed by atoms with van der Waals surface area (Å²) in [5, 5.41) is 3.35. The van der Waals surface area contributed by atoms with Crippen molar-refractivity contribution in [1.29, 1.82) is 0 Å². The maximum atomic E-state index is 3.35. The monoisotopic (exact) mass is 201 g/mol. The molecule has 0 saturated carbocycles. The molecule has 0 heterocycles. The van der Waals surface area contributed by atoms with Crippen molar-refractivity contribution in [3.8, 4) is 0 Å². The highest BCUT2D eigenvalue weighted by Gasteiger charge is 1.83. The quantitative estimate of drug-likeness (QED) is 0.550. The fraction of sp³-hybridized carbons (Fsp3) is 0.286. The minimum Gasteiger partial charge on any atom is -0.313 e. The first-order valence-electron chi connectivity index (χ1n) is 5.47. The molecule has 0 bridgehead atoms. The lowest BCUT2D eigenvalue weighted by Crippen LogP contribution is -2.13. The van der Waals surface area contributed by atoms with Crippen LogP contribution >= 0.6 is 0 Å². The SMILES string of the molecule is C/C=C/CCNC/C=C/c1ccccc1. The van der Waals surface area contributed by atoms with Crippen LogP contribution in [-0.2, 0) is 0 Å². The molecule has 1 nitrogen and oxygen atoms in total. The predicted molar refractivity (Wildman–Crippen MR) is 67.8 cm³/mol. The third kappa shape index (κ3) is 5.87. The second kappa shape index (κ2) is 8.01. The highest BCUT2D eigenvalue weighted by molar-refractivity contribution is 5.48. The molecule has 1 aromatic carbocycles. The molecule has 0 aliphatic rings. The van der Waals surface area contributed by atoms with Crippen LogP contribution < -0.4 is 5.32 Å². The number of nitrogens with one attached hydrogen (secondary N) is 1. The van der Waals surface area contributed by atoms with Crippen molar-refractivity contribution in [2.24, 2.45) is 0 Å². The summed E-state index contributed by atoms with van der Waals surface area (Å²) < 4.78 is 0. The van der Waals surface area contributed by atoms with E-state index in [1.165, 1.54) is 5.56 Å². The molecule has 0 aliphatic carbocycles. The van der Waals surface area contributed by atoms with Gasteiger partial charge in [-0.1, -0.05) is 54.6 Å². The zero-order valence-corrected chi connectivity index (χ0v) is 9.32. The van der Waals surface area contributed by atoms with Crippen LogP contribution in [0.15, 0.2) is 48.6 Å². The van der Waals surface area contributed by atoms with Crippen molar-refractivity contribution in [3.63, 3.8) is 0 Å². The van der Waals surface area contributed by atoms with Crippen LogP contribution in [0.5, 0.6) is 0 Å². The summed E-state index contributed by atoms with van der Waals surface area (Å²) in [5.74, 6) is 0. The number of rotatable bonds is 6. The molecule has 0 radical (unpaired) electrons. The van der Waals surface area contributed by atoms with Gasteiger partial charge in [0.25, 0.3) is 0 Å². The standard InChI is InChI=1S/C14H19N/c1-2-3-7-12-15-13-8-11-14-9-5-4-6-10-14/h2-6,8-11,15H,7,12-13H2,1H3/b3-2+,11-8+. The fourth-order valence-corrected chi connectivity index (χ4v) is 1.30. The van der Waals surface area contributed by atoms with E-state index in [1.807, 2.05) is 6.07 Å². The number of hydrogen-bond donors (Lipinski definition) is 1. The highest BCUT2D eigenvalue weighted by atomic mass is 14.8. The molecule has 80 valence electrons. The Kier molecular flexibility index (Phi) is 6.26. The van der Waals surface area contributed by atoms with Gasteiger partial charge >= 0.3 is 0 Å². The molecule has 1 heteroatoms. The Morgan fingerprint density at radius 3 is 2.67 bits per heavy atom. The minimum atomic E-state index is 0.937. The average Bonchev–Trinajstić information content (AvgIpc) is 2.29. The first-order valence-corrected chi connectivity index (χ1v) is 5.47. The van der Waals surface area contributed by atoms with Gasteiger partial charge in [-0.2, -0.15) is 0 Å². The lowest BCUT2D eigenvalue weighted by molar-refractivity contribution is 0.757. The molecule has 15 heavy (non-hydrogen) atoms. The molecule has 0 aromatic heterocycles. The van der Waals surface area contributed by atoms with Crippen molar-refractivity contribution in [1.82, 2.24) is 5.32 Å². The van der Waals surface area contributed by atoms with Crippen LogP contribution in [0.2, 0.25) is 0 Å². The smallest absolute Gasteiger partial charge is 0.0138 e. The maximum Gasteiger partial charge on any atom is 0.0138 e. The van der Waals surface area contributed by atoms with E-state index in [0.717, 1.165) is 19.5 Å². The molecular weight excluding hydrogens is 182 g/mol. The van der Waals surface area contributed by atoms with Crippen LogP contribution in [0.3, 0.4) is 0 Å². The zero-order chi connectivity index (χ0) is 10.8. The van der Waals surface area contributed by atoms with Crippen molar-refractivity contribution >= 4 is 6.08 Å². The second-order valence-corrected chi connectivity index (χ2v) is 3.37. The van der Waals surface area contributed by atoms with E-state index in [1.54, 1.807) is 0 Å². The first kappa shape index (κ1) is 11.7. The summed E-state index contributed by atoms with van der Waals surface area (Å²) in [6, 6.07) is 10.4. The summed E-state index contributed by atoms with van der Waals surface area (Å²) in [4.78, 5) is 0. The van der Waals surface area contributed by atoms with Crippen LogP contribution in [0.25, 0.3) is 6.08 Å².